The monoisotopic (exact) mass is 267 g/mol. The molecule has 0 atom stereocenters. The number of nitrogen functional groups attached to an aromatic ring is 1. The van der Waals surface area contributed by atoms with Crippen LogP contribution in [0.2, 0.25) is 0 Å². The van der Waals surface area contributed by atoms with E-state index in [1.165, 1.54) is 6.20 Å². The number of carbonyl (C=O) groups excluding carboxylic acids is 1. The van der Waals surface area contributed by atoms with Crippen LogP contribution in [0.5, 0.6) is 0 Å². The van der Waals surface area contributed by atoms with Crippen LogP contribution in [0, 0.1) is 0 Å². The lowest BCUT2D eigenvalue weighted by Gasteiger charge is -2.05. The van der Waals surface area contributed by atoms with Gasteiger partial charge in [-0.05, 0) is 29.8 Å². The number of carbonyl (C=O) groups is 1. The lowest BCUT2D eigenvalue weighted by Crippen LogP contribution is -2.15. The van der Waals surface area contributed by atoms with Crippen molar-refractivity contribution in [3.05, 3.63) is 48.4 Å². The van der Waals surface area contributed by atoms with Gasteiger partial charge in [0.25, 0.3) is 0 Å². The molecular formula is C14H13N5O. The van der Waals surface area contributed by atoms with Gasteiger partial charge in [0.2, 0.25) is 5.91 Å². The Hall–Kier alpha value is -2.89. The number of nitrogens with one attached hydrogen (secondary N) is 2. The maximum absolute atomic E-state index is 11.9. The van der Waals surface area contributed by atoms with Gasteiger partial charge in [-0.15, -0.1) is 0 Å². The minimum absolute atomic E-state index is 0.124. The van der Waals surface area contributed by atoms with Crippen molar-refractivity contribution in [2.75, 3.05) is 11.1 Å². The van der Waals surface area contributed by atoms with E-state index in [4.69, 9.17) is 5.73 Å². The van der Waals surface area contributed by atoms with Crippen LogP contribution in [0.1, 0.15) is 5.56 Å². The molecule has 0 bridgehead atoms. The summed E-state index contributed by atoms with van der Waals surface area (Å²) < 4.78 is 0. The first-order valence-electron chi connectivity index (χ1n) is 6.14. The van der Waals surface area contributed by atoms with E-state index in [0.717, 1.165) is 16.6 Å². The standard InChI is InChI=1S/C14H13N5O/c15-10-2-4-13(16-7-10)19-14(20)6-9-1-3-11-12(5-9)18-8-17-11/h1-5,7-8H,6,15H2,(H,17,18)(H,16,19,20). The van der Waals surface area contributed by atoms with E-state index < -0.39 is 0 Å². The zero-order valence-electron chi connectivity index (χ0n) is 10.6. The molecule has 2 aromatic heterocycles. The number of anilines is 2. The average Bonchev–Trinajstić information content (AvgIpc) is 2.89. The summed E-state index contributed by atoms with van der Waals surface area (Å²) in [5, 5.41) is 2.73. The number of benzene rings is 1. The van der Waals surface area contributed by atoms with Crippen molar-refractivity contribution in [1.29, 1.82) is 0 Å². The summed E-state index contributed by atoms with van der Waals surface area (Å²) in [6, 6.07) is 9.05. The van der Waals surface area contributed by atoms with Crippen molar-refractivity contribution in [1.82, 2.24) is 15.0 Å². The Bertz CT molecular complexity index is 748. The summed E-state index contributed by atoms with van der Waals surface area (Å²) in [6.45, 7) is 0. The SMILES string of the molecule is Nc1ccc(NC(=O)Cc2ccc3nc[nH]c3c2)nc1. The Balaban J connectivity index is 1.70. The van der Waals surface area contributed by atoms with Crippen molar-refractivity contribution >= 4 is 28.4 Å². The normalized spacial score (nSPS) is 10.6. The van der Waals surface area contributed by atoms with Gasteiger partial charge in [0.1, 0.15) is 5.82 Å². The summed E-state index contributed by atoms with van der Waals surface area (Å²) in [4.78, 5) is 23.1. The number of hydrogen-bond acceptors (Lipinski definition) is 4. The Morgan fingerprint density at radius 2 is 2.15 bits per heavy atom. The highest BCUT2D eigenvalue weighted by atomic mass is 16.1. The Morgan fingerprint density at radius 1 is 1.25 bits per heavy atom. The Morgan fingerprint density at radius 3 is 2.95 bits per heavy atom. The third-order valence-electron chi connectivity index (χ3n) is 2.90. The quantitative estimate of drug-likeness (QED) is 0.673. The minimum Gasteiger partial charge on any atom is -0.397 e. The fraction of sp³-hybridized carbons (Fsp3) is 0.0714. The van der Waals surface area contributed by atoms with Gasteiger partial charge in [-0.3, -0.25) is 4.79 Å². The topological polar surface area (TPSA) is 96.7 Å². The molecule has 0 fully saturated rings. The van der Waals surface area contributed by atoms with E-state index in [0.29, 0.717) is 11.5 Å². The number of aromatic amines is 1. The van der Waals surface area contributed by atoms with E-state index in [9.17, 15) is 4.79 Å². The lowest BCUT2D eigenvalue weighted by molar-refractivity contribution is -0.115. The molecule has 0 saturated carbocycles. The molecule has 0 aliphatic carbocycles. The van der Waals surface area contributed by atoms with Crippen molar-refractivity contribution in [2.45, 2.75) is 6.42 Å². The third kappa shape index (κ3) is 2.59. The molecule has 20 heavy (non-hydrogen) atoms. The number of fused-ring (bicyclic) bond motifs is 1. The largest absolute Gasteiger partial charge is 0.397 e. The molecular weight excluding hydrogens is 254 g/mol. The average molecular weight is 267 g/mol. The van der Waals surface area contributed by atoms with E-state index in [1.807, 2.05) is 18.2 Å². The molecule has 0 unspecified atom stereocenters. The fourth-order valence-electron chi connectivity index (χ4n) is 1.94. The molecule has 6 nitrogen and oxygen atoms in total. The zero-order chi connectivity index (χ0) is 13.9. The van der Waals surface area contributed by atoms with Crippen LogP contribution < -0.4 is 11.1 Å². The number of aromatic nitrogens is 3. The number of pyridine rings is 1. The number of imidazole rings is 1. The summed E-state index contributed by atoms with van der Waals surface area (Å²) in [5.41, 5.74) is 8.81. The van der Waals surface area contributed by atoms with Gasteiger partial charge in [-0.2, -0.15) is 0 Å². The number of hydrogen-bond donors (Lipinski definition) is 3. The molecule has 0 saturated heterocycles. The number of H-pyrrole nitrogens is 1. The summed E-state index contributed by atoms with van der Waals surface area (Å²) in [6.07, 6.45) is 3.42. The highest BCUT2D eigenvalue weighted by Gasteiger charge is 2.06. The Kier molecular flexibility index (Phi) is 3.04. The first kappa shape index (κ1) is 12.2. The van der Waals surface area contributed by atoms with Gasteiger partial charge in [-0.25, -0.2) is 9.97 Å². The molecule has 4 N–H and O–H groups in total. The van der Waals surface area contributed by atoms with Crippen LogP contribution in [0.25, 0.3) is 11.0 Å². The maximum atomic E-state index is 11.9. The van der Waals surface area contributed by atoms with E-state index in [2.05, 4.69) is 20.3 Å². The second-order valence-electron chi connectivity index (χ2n) is 4.46. The fourth-order valence-corrected chi connectivity index (χ4v) is 1.94. The number of rotatable bonds is 3. The first-order valence-corrected chi connectivity index (χ1v) is 6.14. The van der Waals surface area contributed by atoms with Crippen LogP contribution in [-0.4, -0.2) is 20.9 Å². The van der Waals surface area contributed by atoms with Crippen molar-refractivity contribution in [2.24, 2.45) is 0 Å². The lowest BCUT2D eigenvalue weighted by atomic mass is 10.1. The summed E-state index contributed by atoms with van der Waals surface area (Å²) in [7, 11) is 0. The van der Waals surface area contributed by atoms with Crippen LogP contribution in [0.3, 0.4) is 0 Å². The second kappa shape index (κ2) is 5.00. The molecule has 6 heteroatoms. The molecule has 100 valence electrons. The molecule has 1 amide bonds. The molecule has 3 rings (SSSR count). The van der Waals surface area contributed by atoms with E-state index >= 15 is 0 Å². The van der Waals surface area contributed by atoms with Gasteiger partial charge in [0.15, 0.2) is 0 Å². The van der Waals surface area contributed by atoms with Crippen LogP contribution in [0.4, 0.5) is 11.5 Å². The van der Waals surface area contributed by atoms with Gasteiger partial charge in [0.05, 0.1) is 35.7 Å². The van der Waals surface area contributed by atoms with Gasteiger partial charge < -0.3 is 16.0 Å². The molecule has 0 aliphatic rings. The van der Waals surface area contributed by atoms with Gasteiger partial charge in [-0.1, -0.05) is 6.07 Å². The summed E-state index contributed by atoms with van der Waals surface area (Å²) in [5.74, 6) is 0.368. The number of amides is 1. The number of nitrogens with two attached hydrogens (primary N) is 1. The molecule has 1 aromatic carbocycles. The second-order valence-corrected chi connectivity index (χ2v) is 4.46. The van der Waals surface area contributed by atoms with Crippen LogP contribution >= 0.6 is 0 Å². The predicted molar refractivity (Wildman–Crippen MR) is 77.1 cm³/mol. The maximum Gasteiger partial charge on any atom is 0.229 e. The third-order valence-corrected chi connectivity index (χ3v) is 2.90. The van der Waals surface area contributed by atoms with E-state index in [1.54, 1.807) is 18.5 Å². The molecule has 2 heterocycles. The first-order chi connectivity index (χ1) is 9.70. The van der Waals surface area contributed by atoms with Crippen molar-refractivity contribution in [3.63, 3.8) is 0 Å². The summed E-state index contributed by atoms with van der Waals surface area (Å²) >= 11 is 0. The number of nitrogens with zero attached hydrogens (tertiary/aromatic N) is 2. The molecule has 0 spiro atoms. The van der Waals surface area contributed by atoms with Crippen LogP contribution in [0.15, 0.2) is 42.9 Å². The van der Waals surface area contributed by atoms with Crippen molar-refractivity contribution < 1.29 is 4.79 Å². The van der Waals surface area contributed by atoms with Gasteiger partial charge >= 0.3 is 0 Å². The van der Waals surface area contributed by atoms with Crippen LogP contribution in [-0.2, 0) is 11.2 Å². The Labute approximate surface area is 115 Å². The molecule has 0 radical (unpaired) electrons. The predicted octanol–water partition coefficient (Wildman–Crippen LogP) is 1.72. The minimum atomic E-state index is -0.124. The highest BCUT2D eigenvalue weighted by molar-refractivity contribution is 5.92. The smallest absolute Gasteiger partial charge is 0.229 e. The zero-order valence-corrected chi connectivity index (χ0v) is 10.6. The van der Waals surface area contributed by atoms with E-state index in [-0.39, 0.29) is 12.3 Å². The molecule has 0 aliphatic heterocycles. The van der Waals surface area contributed by atoms with Gasteiger partial charge in [0, 0.05) is 0 Å². The molecule has 3 aromatic rings. The highest BCUT2D eigenvalue weighted by Crippen LogP contribution is 2.13. The van der Waals surface area contributed by atoms with Crippen molar-refractivity contribution in [3.8, 4) is 0 Å².